The summed E-state index contributed by atoms with van der Waals surface area (Å²) in [5, 5.41) is 13.0. The second kappa shape index (κ2) is 10.7. The van der Waals surface area contributed by atoms with Crippen LogP contribution >= 0.6 is 0 Å². The zero-order valence-corrected chi connectivity index (χ0v) is 20.1. The summed E-state index contributed by atoms with van der Waals surface area (Å²) in [4.78, 5) is 29.4. The van der Waals surface area contributed by atoms with Gasteiger partial charge in [-0.15, -0.1) is 0 Å². The minimum atomic E-state index is -0.882. The number of benzene rings is 3. The Morgan fingerprint density at radius 3 is 2.33 bits per heavy atom. The highest BCUT2D eigenvalue weighted by Crippen LogP contribution is 2.33. The van der Waals surface area contributed by atoms with Gasteiger partial charge in [0, 0.05) is 18.2 Å². The fraction of sp³-hybridized carbons (Fsp3) is 0.310. The van der Waals surface area contributed by atoms with Crippen LogP contribution in [0.15, 0.2) is 72.8 Å². The molecule has 1 saturated carbocycles. The maximum atomic E-state index is 14.1. The lowest BCUT2D eigenvalue weighted by atomic mass is 10.0. The van der Waals surface area contributed by atoms with E-state index in [0.717, 1.165) is 31.2 Å². The van der Waals surface area contributed by atoms with Gasteiger partial charge in [-0.3, -0.25) is 9.59 Å². The van der Waals surface area contributed by atoms with E-state index in [1.807, 2.05) is 30.3 Å². The van der Waals surface area contributed by atoms with Crippen molar-refractivity contribution in [2.75, 3.05) is 13.2 Å². The summed E-state index contributed by atoms with van der Waals surface area (Å²) in [6, 6.07) is 20.4. The normalized spacial score (nSPS) is 15.8. The highest BCUT2D eigenvalue weighted by molar-refractivity contribution is 5.98. The maximum absolute atomic E-state index is 14.1. The van der Waals surface area contributed by atoms with Crippen LogP contribution in [-0.2, 0) is 11.3 Å². The molecule has 1 atom stereocenters. The molecule has 0 spiro atoms. The van der Waals surface area contributed by atoms with Gasteiger partial charge in [0.1, 0.15) is 25.0 Å². The van der Waals surface area contributed by atoms with E-state index < -0.39 is 6.04 Å². The number of hydrogen-bond donors (Lipinski definition) is 2. The van der Waals surface area contributed by atoms with E-state index in [2.05, 4.69) is 5.32 Å². The summed E-state index contributed by atoms with van der Waals surface area (Å²) in [5.41, 5.74) is 1.94. The molecule has 1 unspecified atom stereocenters. The molecule has 0 saturated heterocycles. The van der Waals surface area contributed by atoms with Crippen LogP contribution in [0.5, 0.6) is 17.2 Å². The number of hydrogen-bond acceptors (Lipinski definition) is 5. The lowest BCUT2D eigenvalue weighted by molar-refractivity contribution is -0.126. The van der Waals surface area contributed by atoms with Gasteiger partial charge < -0.3 is 24.8 Å². The Morgan fingerprint density at radius 2 is 1.61 bits per heavy atom. The molecule has 2 amide bonds. The second-order valence-corrected chi connectivity index (χ2v) is 9.26. The Kier molecular flexibility index (Phi) is 7.07. The lowest BCUT2D eigenvalue weighted by Gasteiger charge is -2.33. The van der Waals surface area contributed by atoms with Crippen molar-refractivity contribution < 1.29 is 24.2 Å². The smallest absolute Gasteiger partial charge is 0.255 e. The highest BCUT2D eigenvalue weighted by Gasteiger charge is 2.34. The molecule has 3 aromatic carbocycles. The van der Waals surface area contributed by atoms with Gasteiger partial charge >= 0.3 is 0 Å². The molecule has 36 heavy (non-hydrogen) atoms. The number of ether oxygens (including phenoxy) is 2. The molecule has 1 aliphatic carbocycles. The minimum Gasteiger partial charge on any atom is -0.508 e. The number of carbonyl (C=O) groups is 2. The quantitative estimate of drug-likeness (QED) is 0.509. The summed E-state index contributed by atoms with van der Waals surface area (Å²) < 4.78 is 11.3. The van der Waals surface area contributed by atoms with Gasteiger partial charge in [0.15, 0.2) is 11.5 Å². The van der Waals surface area contributed by atoms with Gasteiger partial charge in [-0.25, -0.2) is 0 Å². The first-order valence-corrected chi connectivity index (χ1v) is 12.4. The van der Waals surface area contributed by atoms with Gasteiger partial charge in [0.2, 0.25) is 5.91 Å². The predicted octanol–water partition coefficient (Wildman–Crippen LogP) is 4.61. The molecule has 7 heteroatoms. The molecule has 2 N–H and O–H groups in total. The molecule has 3 aromatic rings. The van der Waals surface area contributed by atoms with Crippen molar-refractivity contribution in [3.05, 3.63) is 89.5 Å². The van der Waals surface area contributed by atoms with E-state index >= 15 is 0 Å². The van der Waals surface area contributed by atoms with Crippen LogP contribution in [0.4, 0.5) is 0 Å². The van der Waals surface area contributed by atoms with Crippen molar-refractivity contribution in [1.29, 1.82) is 0 Å². The number of fused-ring (bicyclic) bond motifs is 1. The van der Waals surface area contributed by atoms with Gasteiger partial charge in [-0.2, -0.15) is 0 Å². The second-order valence-electron chi connectivity index (χ2n) is 9.26. The van der Waals surface area contributed by atoms with Gasteiger partial charge in [-0.05, 0) is 54.3 Å². The Hall–Kier alpha value is -4.00. The van der Waals surface area contributed by atoms with Crippen molar-refractivity contribution >= 4 is 11.8 Å². The largest absolute Gasteiger partial charge is 0.508 e. The molecule has 186 valence electrons. The molecule has 0 aromatic heterocycles. The monoisotopic (exact) mass is 486 g/mol. The van der Waals surface area contributed by atoms with Gasteiger partial charge in [0.05, 0.1) is 0 Å². The molecule has 0 bridgehead atoms. The predicted molar refractivity (Wildman–Crippen MR) is 135 cm³/mol. The number of carbonyl (C=O) groups excluding carboxylic acids is 2. The van der Waals surface area contributed by atoms with E-state index in [9.17, 15) is 14.7 Å². The summed E-state index contributed by atoms with van der Waals surface area (Å²) in [7, 11) is 0. The van der Waals surface area contributed by atoms with Gasteiger partial charge in [-0.1, -0.05) is 55.3 Å². The Bertz CT molecular complexity index is 1210. The average molecular weight is 487 g/mol. The topological polar surface area (TPSA) is 88.1 Å². The van der Waals surface area contributed by atoms with Crippen LogP contribution in [0.3, 0.4) is 0 Å². The van der Waals surface area contributed by atoms with Crippen LogP contribution in [0, 0.1) is 0 Å². The molecule has 7 nitrogen and oxygen atoms in total. The summed E-state index contributed by atoms with van der Waals surface area (Å²) in [5.74, 6) is 0.691. The van der Waals surface area contributed by atoms with Crippen LogP contribution in [-0.4, -0.2) is 41.1 Å². The van der Waals surface area contributed by atoms with Gasteiger partial charge in [0.25, 0.3) is 5.91 Å². The van der Waals surface area contributed by atoms with Crippen LogP contribution in [0.1, 0.15) is 53.2 Å². The number of nitrogens with zero attached hydrogens (tertiary/aromatic N) is 1. The highest BCUT2D eigenvalue weighted by atomic mass is 16.6. The number of aromatic hydroxyl groups is 1. The summed E-state index contributed by atoms with van der Waals surface area (Å²) in [6.07, 6.45) is 4.03. The standard InChI is InChI=1S/C29H30N2O5/c32-24-13-10-21(11-14-24)27(28(33)30-23-8-4-5-9-23)31(19-20-6-2-1-3-7-20)29(34)22-12-15-25-26(18-22)36-17-16-35-25/h1-3,6-7,10-15,18,23,27,32H,4-5,8-9,16-17,19H2,(H,30,33). The van der Waals surface area contributed by atoms with Crippen LogP contribution < -0.4 is 14.8 Å². The Labute approximate surface area is 210 Å². The Balaban J connectivity index is 1.54. The molecular weight excluding hydrogens is 456 g/mol. The first-order chi connectivity index (χ1) is 17.6. The molecule has 5 rings (SSSR count). The first kappa shape index (κ1) is 23.7. The third-order valence-corrected chi connectivity index (χ3v) is 6.72. The third-order valence-electron chi connectivity index (χ3n) is 6.72. The van der Waals surface area contributed by atoms with Crippen molar-refractivity contribution in [2.45, 2.75) is 44.3 Å². The first-order valence-electron chi connectivity index (χ1n) is 12.4. The average Bonchev–Trinajstić information content (AvgIpc) is 3.42. The van der Waals surface area contributed by atoms with E-state index in [-0.39, 0.29) is 30.2 Å². The van der Waals surface area contributed by atoms with Crippen molar-refractivity contribution in [2.24, 2.45) is 0 Å². The molecule has 2 aliphatic rings. The van der Waals surface area contributed by atoms with Crippen LogP contribution in [0.25, 0.3) is 0 Å². The summed E-state index contributed by atoms with van der Waals surface area (Å²) in [6.45, 7) is 1.11. The summed E-state index contributed by atoms with van der Waals surface area (Å²) >= 11 is 0. The number of phenols is 1. The fourth-order valence-corrected chi connectivity index (χ4v) is 4.88. The number of amides is 2. The van der Waals surface area contributed by atoms with Crippen molar-refractivity contribution in [1.82, 2.24) is 10.2 Å². The zero-order chi connectivity index (χ0) is 24.9. The number of nitrogens with one attached hydrogen (secondary N) is 1. The van der Waals surface area contributed by atoms with Crippen molar-refractivity contribution in [3.8, 4) is 17.2 Å². The van der Waals surface area contributed by atoms with E-state index in [1.165, 1.54) is 0 Å². The molecular formula is C29H30N2O5. The SMILES string of the molecule is O=C(NC1CCCC1)C(c1ccc(O)cc1)N(Cc1ccccc1)C(=O)c1ccc2c(c1)OCCO2. The lowest BCUT2D eigenvalue weighted by Crippen LogP contribution is -2.45. The zero-order valence-electron chi connectivity index (χ0n) is 20.1. The van der Waals surface area contributed by atoms with Crippen LogP contribution in [0.2, 0.25) is 0 Å². The third kappa shape index (κ3) is 5.30. The number of phenolic OH excluding ortho intramolecular Hbond substituents is 1. The molecule has 1 aliphatic heterocycles. The maximum Gasteiger partial charge on any atom is 0.255 e. The molecule has 1 fully saturated rings. The van der Waals surface area contributed by atoms with Crippen molar-refractivity contribution in [3.63, 3.8) is 0 Å². The fourth-order valence-electron chi connectivity index (χ4n) is 4.88. The molecule has 1 heterocycles. The Morgan fingerprint density at radius 1 is 0.917 bits per heavy atom. The molecule has 0 radical (unpaired) electrons. The van der Waals surface area contributed by atoms with E-state index in [0.29, 0.717) is 35.8 Å². The number of rotatable bonds is 7. The van der Waals surface area contributed by atoms with E-state index in [1.54, 1.807) is 47.4 Å². The van der Waals surface area contributed by atoms with E-state index in [4.69, 9.17) is 9.47 Å². The minimum absolute atomic E-state index is 0.0973.